The number of benzene rings is 3. The van der Waals surface area contributed by atoms with E-state index in [1.165, 1.54) is 12.1 Å². The van der Waals surface area contributed by atoms with Crippen LogP contribution in [0.1, 0.15) is 10.4 Å². The van der Waals surface area contributed by atoms with Crippen molar-refractivity contribution in [2.75, 3.05) is 26.0 Å². The number of carbonyl (C=O) groups excluding carboxylic acids is 1. The molecule has 0 saturated heterocycles. The minimum Gasteiger partial charge on any atom is -0.455 e. The number of rotatable bonds is 5. The number of fused-ring (bicyclic) bond motifs is 2. The van der Waals surface area contributed by atoms with Gasteiger partial charge in [0.05, 0.1) is 11.8 Å². The van der Waals surface area contributed by atoms with Crippen molar-refractivity contribution >= 4 is 33.7 Å². The number of furan rings is 1. The second-order valence-corrected chi connectivity index (χ2v) is 9.10. The Morgan fingerprint density at radius 1 is 0.921 bits per heavy atom. The minimum absolute atomic E-state index is 0.291. The van der Waals surface area contributed by atoms with Gasteiger partial charge in [0.15, 0.2) is 5.58 Å². The molecule has 0 spiro atoms. The number of anilines is 1. The maximum atomic E-state index is 13.6. The van der Waals surface area contributed by atoms with Gasteiger partial charge in [-0.2, -0.15) is 0 Å². The average Bonchev–Trinajstić information content (AvgIpc) is 3.54. The third-order valence-electron chi connectivity index (χ3n) is 6.46. The lowest BCUT2D eigenvalue weighted by molar-refractivity contribution is 0.0964. The van der Waals surface area contributed by atoms with Gasteiger partial charge < -0.3 is 19.1 Å². The highest BCUT2D eigenvalue weighted by Gasteiger charge is 2.24. The molecule has 0 aliphatic carbocycles. The second kappa shape index (κ2) is 9.15. The molecule has 0 saturated carbocycles. The van der Waals surface area contributed by atoms with Crippen LogP contribution in [0.2, 0.25) is 0 Å². The zero-order valence-electron chi connectivity index (χ0n) is 20.9. The van der Waals surface area contributed by atoms with Crippen molar-refractivity contribution in [1.29, 1.82) is 0 Å². The molecule has 0 aliphatic rings. The molecule has 0 atom stereocenters. The Hall–Kier alpha value is -4.98. The molecule has 3 heterocycles. The van der Waals surface area contributed by atoms with Crippen molar-refractivity contribution < 1.29 is 18.0 Å². The number of aromatic nitrogens is 2. The third kappa shape index (κ3) is 3.96. The minimum atomic E-state index is -0.362. The van der Waals surface area contributed by atoms with Crippen LogP contribution < -0.4 is 10.2 Å². The largest absolute Gasteiger partial charge is 0.455 e. The van der Waals surface area contributed by atoms with Crippen LogP contribution in [0.3, 0.4) is 0 Å². The molecule has 7 nitrogen and oxygen atoms in total. The Bertz CT molecular complexity index is 1790. The van der Waals surface area contributed by atoms with E-state index in [9.17, 15) is 9.18 Å². The average molecular weight is 507 g/mol. The van der Waals surface area contributed by atoms with Crippen LogP contribution in [0.4, 0.5) is 10.1 Å². The maximum absolute atomic E-state index is 13.6. The number of carbonyl (C=O) groups is 1. The molecule has 0 unspecified atom stereocenters. The Balaban J connectivity index is 1.56. The highest BCUT2D eigenvalue weighted by Crippen LogP contribution is 2.41. The molecule has 1 amide bonds. The molecule has 3 aromatic carbocycles. The Morgan fingerprint density at radius 3 is 2.45 bits per heavy atom. The van der Waals surface area contributed by atoms with E-state index in [1.807, 2.05) is 61.5 Å². The lowest BCUT2D eigenvalue weighted by atomic mass is 9.97. The maximum Gasteiger partial charge on any atom is 0.255 e. The van der Waals surface area contributed by atoms with Crippen LogP contribution in [-0.2, 0) is 0 Å². The molecule has 188 valence electrons. The normalized spacial score (nSPS) is 11.3. The number of nitrogens with one attached hydrogen (secondary N) is 1. The standard InChI is InChI=1S/C30H23FN4O3/c1-32-29(36)27-22-14-21(18-5-4-6-19(13-18)30-34-23-11-12-33-16-26(23)38-30)24(35(2)3)15-25(22)37-28(27)17-7-9-20(31)10-8-17/h4-16H,1-3H3,(H,32,36). The Kier molecular flexibility index (Phi) is 5.64. The van der Waals surface area contributed by atoms with Crippen LogP contribution >= 0.6 is 0 Å². The zero-order chi connectivity index (χ0) is 26.4. The first-order valence-electron chi connectivity index (χ1n) is 12.0. The van der Waals surface area contributed by atoms with Crippen molar-refractivity contribution in [3.8, 4) is 33.9 Å². The molecule has 38 heavy (non-hydrogen) atoms. The third-order valence-corrected chi connectivity index (χ3v) is 6.46. The van der Waals surface area contributed by atoms with E-state index in [-0.39, 0.29) is 11.7 Å². The molecule has 0 radical (unpaired) electrons. The van der Waals surface area contributed by atoms with E-state index in [0.717, 1.165) is 27.9 Å². The van der Waals surface area contributed by atoms with Gasteiger partial charge in [-0.15, -0.1) is 0 Å². The van der Waals surface area contributed by atoms with E-state index in [4.69, 9.17) is 8.83 Å². The molecule has 0 fully saturated rings. The van der Waals surface area contributed by atoms with Crippen molar-refractivity contribution in [2.45, 2.75) is 0 Å². The van der Waals surface area contributed by atoms with Gasteiger partial charge in [0.2, 0.25) is 5.89 Å². The van der Waals surface area contributed by atoms with Gasteiger partial charge in [0.25, 0.3) is 5.91 Å². The molecule has 8 heteroatoms. The predicted octanol–water partition coefficient (Wildman–Crippen LogP) is 6.53. The van der Waals surface area contributed by atoms with Crippen molar-refractivity contribution in [3.63, 3.8) is 0 Å². The summed E-state index contributed by atoms with van der Waals surface area (Å²) in [7, 11) is 5.47. The number of oxazole rings is 1. The predicted molar refractivity (Wildman–Crippen MR) is 146 cm³/mol. The first-order valence-corrected chi connectivity index (χ1v) is 12.0. The summed E-state index contributed by atoms with van der Waals surface area (Å²) in [6, 6.07) is 19.5. The number of amides is 1. The Morgan fingerprint density at radius 2 is 1.71 bits per heavy atom. The van der Waals surface area contributed by atoms with Crippen molar-refractivity contribution in [1.82, 2.24) is 15.3 Å². The summed E-state index contributed by atoms with van der Waals surface area (Å²) < 4.78 is 25.8. The molecular weight excluding hydrogens is 483 g/mol. The first kappa shape index (κ1) is 23.4. The summed E-state index contributed by atoms with van der Waals surface area (Å²) in [5.74, 6) is 0.226. The number of halogens is 1. The summed E-state index contributed by atoms with van der Waals surface area (Å²) in [6.07, 6.45) is 3.32. The summed E-state index contributed by atoms with van der Waals surface area (Å²) in [5.41, 5.74) is 6.44. The summed E-state index contributed by atoms with van der Waals surface area (Å²) >= 11 is 0. The quantitative estimate of drug-likeness (QED) is 0.286. The summed E-state index contributed by atoms with van der Waals surface area (Å²) in [6.45, 7) is 0. The van der Waals surface area contributed by atoms with Gasteiger partial charge in [-0.1, -0.05) is 12.1 Å². The summed E-state index contributed by atoms with van der Waals surface area (Å²) in [4.78, 5) is 23.8. The van der Waals surface area contributed by atoms with Gasteiger partial charge in [-0.05, 0) is 54.1 Å². The van der Waals surface area contributed by atoms with Gasteiger partial charge in [-0.3, -0.25) is 9.78 Å². The molecule has 1 N–H and O–H groups in total. The van der Waals surface area contributed by atoms with Gasteiger partial charge in [0.1, 0.15) is 22.7 Å². The lowest BCUT2D eigenvalue weighted by Gasteiger charge is -2.18. The fraction of sp³-hybridized carbons (Fsp3) is 0.100. The number of hydrogen-bond acceptors (Lipinski definition) is 6. The van der Waals surface area contributed by atoms with E-state index in [1.54, 1.807) is 31.6 Å². The highest BCUT2D eigenvalue weighted by molar-refractivity contribution is 6.13. The van der Waals surface area contributed by atoms with Crippen molar-refractivity contribution in [2.24, 2.45) is 0 Å². The van der Waals surface area contributed by atoms with Crippen molar-refractivity contribution in [3.05, 3.63) is 90.5 Å². The lowest BCUT2D eigenvalue weighted by Crippen LogP contribution is -2.18. The fourth-order valence-corrected chi connectivity index (χ4v) is 4.61. The van der Waals surface area contributed by atoms with E-state index in [2.05, 4.69) is 15.3 Å². The summed E-state index contributed by atoms with van der Waals surface area (Å²) in [5, 5.41) is 3.37. The molecule has 0 bridgehead atoms. The molecule has 6 rings (SSSR count). The van der Waals surface area contributed by atoms with Gasteiger partial charge in [-0.25, -0.2) is 9.37 Å². The second-order valence-electron chi connectivity index (χ2n) is 9.10. The van der Waals surface area contributed by atoms with Gasteiger partial charge in [0, 0.05) is 61.2 Å². The molecular formula is C30H23FN4O3. The van der Waals surface area contributed by atoms with E-state index in [0.29, 0.717) is 39.3 Å². The molecule has 0 aliphatic heterocycles. The first-order chi connectivity index (χ1) is 18.4. The fourth-order valence-electron chi connectivity index (χ4n) is 4.61. The molecule has 6 aromatic rings. The number of hydrogen-bond donors (Lipinski definition) is 1. The van der Waals surface area contributed by atoms with Crippen LogP contribution in [0.5, 0.6) is 0 Å². The van der Waals surface area contributed by atoms with Crippen LogP contribution in [-0.4, -0.2) is 37.0 Å². The van der Waals surface area contributed by atoms with E-state index >= 15 is 0 Å². The van der Waals surface area contributed by atoms with E-state index < -0.39 is 0 Å². The SMILES string of the molecule is CNC(=O)c1c(-c2ccc(F)cc2)oc2cc(N(C)C)c(-c3cccc(-c4nc5ccncc5o4)c3)cc12. The number of nitrogens with zero attached hydrogens (tertiary/aromatic N) is 3. The Labute approximate surface area is 217 Å². The van der Waals surface area contributed by atoms with Crippen LogP contribution in [0, 0.1) is 5.82 Å². The number of pyridine rings is 1. The van der Waals surface area contributed by atoms with Crippen LogP contribution in [0.25, 0.3) is 56.0 Å². The zero-order valence-corrected chi connectivity index (χ0v) is 20.9. The topological polar surface area (TPSA) is 84.4 Å². The van der Waals surface area contributed by atoms with Gasteiger partial charge >= 0.3 is 0 Å². The highest BCUT2D eigenvalue weighted by atomic mass is 19.1. The monoisotopic (exact) mass is 506 g/mol. The smallest absolute Gasteiger partial charge is 0.255 e. The molecule has 3 aromatic heterocycles. The van der Waals surface area contributed by atoms with Crippen LogP contribution in [0.15, 0.2) is 88.0 Å².